The van der Waals surface area contributed by atoms with Crippen molar-refractivity contribution in [2.24, 2.45) is 10.9 Å². The maximum absolute atomic E-state index is 10.9. The van der Waals surface area contributed by atoms with E-state index in [9.17, 15) is 5.11 Å². The van der Waals surface area contributed by atoms with Gasteiger partial charge in [-0.05, 0) is 30.9 Å². The van der Waals surface area contributed by atoms with Crippen molar-refractivity contribution in [3.8, 4) is 0 Å². The quantitative estimate of drug-likeness (QED) is 0.838. The first-order valence-corrected chi connectivity index (χ1v) is 7.40. The summed E-state index contributed by atoms with van der Waals surface area (Å²) >= 11 is 0. The van der Waals surface area contributed by atoms with Gasteiger partial charge in [-0.1, -0.05) is 31.0 Å². The molecule has 1 N–H and O–H groups in total. The molecular formula is C16H20N2O. The van der Waals surface area contributed by atoms with Crippen molar-refractivity contribution in [2.75, 3.05) is 6.54 Å². The lowest BCUT2D eigenvalue weighted by molar-refractivity contribution is 0.0146. The van der Waals surface area contributed by atoms with Crippen molar-refractivity contribution in [1.82, 2.24) is 4.90 Å². The molecule has 3 aliphatic rings. The molecule has 1 aromatic rings. The fourth-order valence-corrected chi connectivity index (χ4v) is 3.98. The number of aliphatic hydroxyl groups is 1. The molecule has 1 saturated carbocycles. The van der Waals surface area contributed by atoms with Crippen molar-refractivity contribution in [3.63, 3.8) is 0 Å². The van der Waals surface area contributed by atoms with Crippen LogP contribution >= 0.6 is 0 Å². The van der Waals surface area contributed by atoms with E-state index in [1.54, 1.807) is 0 Å². The van der Waals surface area contributed by atoms with Crippen LogP contribution in [0.2, 0.25) is 0 Å². The fourth-order valence-electron chi connectivity index (χ4n) is 3.98. The summed E-state index contributed by atoms with van der Waals surface area (Å²) in [6.45, 7) is 2.00. The first-order valence-electron chi connectivity index (χ1n) is 7.40. The number of para-hydroxylation sites is 1. The zero-order valence-corrected chi connectivity index (χ0v) is 11.2. The van der Waals surface area contributed by atoms with Gasteiger partial charge in [-0.2, -0.15) is 0 Å². The third-order valence-electron chi connectivity index (χ3n) is 5.03. The van der Waals surface area contributed by atoms with Crippen LogP contribution in [0.4, 0.5) is 5.69 Å². The van der Waals surface area contributed by atoms with Gasteiger partial charge in [-0.25, -0.2) is 4.99 Å². The minimum Gasteiger partial charge on any atom is -0.389 e. The highest BCUT2D eigenvalue weighted by molar-refractivity contribution is 5.91. The smallest absolute Gasteiger partial charge is 0.111 e. The number of rotatable bonds is 1. The summed E-state index contributed by atoms with van der Waals surface area (Å²) in [7, 11) is 0. The SMILES string of the molecule is OC1(C2CCN3Cc4ccccc4N=C23)CCCC1. The van der Waals surface area contributed by atoms with Crippen LogP contribution in [0.25, 0.3) is 0 Å². The summed E-state index contributed by atoms with van der Waals surface area (Å²) < 4.78 is 0. The second kappa shape index (κ2) is 4.07. The van der Waals surface area contributed by atoms with Crippen LogP contribution < -0.4 is 0 Å². The second-order valence-electron chi connectivity index (χ2n) is 6.17. The topological polar surface area (TPSA) is 35.8 Å². The number of aliphatic imine (C=N–C) groups is 1. The molecule has 1 aliphatic carbocycles. The normalized spacial score (nSPS) is 27.9. The van der Waals surface area contributed by atoms with Crippen molar-refractivity contribution in [2.45, 2.75) is 44.2 Å². The minimum absolute atomic E-state index is 0.253. The first kappa shape index (κ1) is 11.5. The van der Waals surface area contributed by atoms with Crippen LogP contribution in [0.15, 0.2) is 29.3 Å². The van der Waals surface area contributed by atoms with Gasteiger partial charge in [0.15, 0.2) is 0 Å². The molecule has 19 heavy (non-hydrogen) atoms. The largest absolute Gasteiger partial charge is 0.389 e. The first-order chi connectivity index (χ1) is 9.26. The van der Waals surface area contributed by atoms with Crippen molar-refractivity contribution in [3.05, 3.63) is 29.8 Å². The van der Waals surface area contributed by atoms with E-state index in [-0.39, 0.29) is 5.92 Å². The summed E-state index contributed by atoms with van der Waals surface area (Å²) in [5, 5.41) is 10.9. The summed E-state index contributed by atoms with van der Waals surface area (Å²) in [6.07, 6.45) is 5.29. The molecule has 1 saturated heterocycles. The van der Waals surface area contributed by atoms with E-state index in [0.717, 1.165) is 56.7 Å². The number of nitrogens with zero attached hydrogens (tertiary/aromatic N) is 2. The Morgan fingerprint density at radius 2 is 2.00 bits per heavy atom. The van der Waals surface area contributed by atoms with Gasteiger partial charge in [-0.3, -0.25) is 0 Å². The van der Waals surface area contributed by atoms with Crippen LogP contribution in [0, 0.1) is 5.92 Å². The standard InChI is InChI=1S/C16H20N2O/c19-16(8-3-4-9-16)13-7-10-18-11-12-5-1-2-6-14(12)17-15(13)18/h1-2,5-6,13,19H,3-4,7-11H2. The second-order valence-corrected chi connectivity index (χ2v) is 6.17. The van der Waals surface area contributed by atoms with Gasteiger partial charge in [0.2, 0.25) is 0 Å². The molecule has 0 amide bonds. The van der Waals surface area contributed by atoms with E-state index in [1.165, 1.54) is 5.56 Å². The summed E-state index contributed by atoms with van der Waals surface area (Å²) in [5.41, 5.74) is 1.92. The predicted molar refractivity (Wildman–Crippen MR) is 75.5 cm³/mol. The summed E-state index contributed by atoms with van der Waals surface area (Å²) in [6, 6.07) is 8.38. The molecule has 2 heterocycles. The highest BCUT2D eigenvalue weighted by atomic mass is 16.3. The molecule has 2 aliphatic heterocycles. The molecular weight excluding hydrogens is 236 g/mol. The van der Waals surface area contributed by atoms with Crippen molar-refractivity contribution in [1.29, 1.82) is 0 Å². The molecule has 0 spiro atoms. The third-order valence-corrected chi connectivity index (χ3v) is 5.03. The van der Waals surface area contributed by atoms with E-state index < -0.39 is 5.60 Å². The number of benzene rings is 1. The van der Waals surface area contributed by atoms with E-state index >= 15 is 0 Å². The van der Waals surface area contributed by atoms with Gasteiger partial charge in [0.1, 0.15) is 5.84 Å². The Kier molecular flexibility index (Phi) is 2.46. The molecule has 2 fully saturated rings. The molecule has 3 heteroatoms. The molecule has 0 bridgehead atoms. The predicted octanol–water partition coefficient (Wildman–Crippen LogP) is 2.86. The van der Waals surface area contributed by atoms with E-state index in [1.807, 2.05) is 6.07 Å². The highest BCUT2D eigenvalue weighted by Gasteiger charge is 2.47. The van der Waals surface area contributed by atoms with E-state index in [0.29, 0.717) is 0 Å². The van der Waals surface area contributed by atoms with Crippen molar-refractivity contribution >= 4 is 11.5 Å². The van der Waals surface area contributed by atoms with Gasteiger partial charge in [-0.15, -0.1) is 0 Å². The Hall–Kier alpha value is -1.35. The molecule has 100 valence electrons. The lowest BCUT2D eigenvalue weighted by Gasteiger charge is -2.33. The number of hydrogen-bond acceptors (Lipinski definition) is 3. The molecule has 0 radical (unpaired) electrons. The molecule has 3 nitrogen and oxygen atoms in total. The lowest BCUT2D eigenvalue weighted by atomic mass is 9.84. The molecule has 1 atom stereocenters. The highest BCUT2D eigenvalue weighted by Crippen LogP contribution is 2.43. The average Bonchev–Trinajstić information content (AvgIpc) is 3.03. The zero-order valence-electron chi connectivity index (χ0n) is 11.2. The molecule has 4 rings (SSSR count). The van der Waals surface area contributed by atoms with Gasteiger partial charge in [0, 0.05) is 19.0 Å². The van der Waals surface area contributed by atoms with E-state index in [2.05, 4.69) is 23.1 Å². The lowest BCUT2D eigenvalue weighted by Crippen LogP contribution is -2.41. The van der Waals surface area contributed by atoms with Gasteiger partial charge < -0.3 is 10.0 Å². The van der Waals surface area contributed by atoms with Crippen molar-refractivity contribution < 1.29 is 5.11 Å². The van der Waals surface area contributed by atoms with Crippen LogP contribution in [0.3, 0.4) is 0 Å². The molecule has 1 unspecified atom stereocenters. The number of hydrogen-bond donors (Lipinski definition) is 1. The Morgan fingerprint density at radius 3 is 2.84 bits per heavy atom. The van der Waals surface area contributed by atoms with Gasteiger partial charge >= 0.3 is 0 Å². The molecule has 1 aromatic carbocycles. The minimum atomic E-state index is -0.486. The number of fused-ring (bicyclic) bond motifs is 2. The fraction of sp³-hybridized carbons (Fsp3) is 0.562. The Morgan fingerprint density at radius 1 is 1.21 bits per heavy atom. The Bertz CT molecular complexity index is 531. The van der Waals surface area contributed by atoms with Crippen LogP contribution in [0.5, 0.6) is 0 Å². The Labute approximate surface area is 114 Å². The summed E-state index contributed by atoms with van der Waals surface area (Å²) in [4.78, 5) is 7.23. The van der Waals surface area contributed by atoms with E-state index in [4.69, 9.17) is 4.99 Å². The average molecular weight is 256 g/mol. The third kappa shape index (κ3) is 1.71. The number of amidine groups is 1. The maximum Gasteiger partial charge on any atom is 0.111 e. The van der Waals surface area contributed by atoms with Crippen LogP contribution in [0.1, 0.15) is 37.7 Å². The van der Waals surface area contributed by atoms with Crippen LogP contribution in [-0.4, -0.2) is 28.0 Å². The summed E-state index contributed by atoms with van der Waals surface area (Å²) in [5.74, 6) is 1.39. The van der Waals surface area contributed by atoms with Crippen LogP contribution in [-0.2, 0) is 6.54 Å². The zero-order chi connectivity index (χ0) is 12.9. The Balaban J connectivity index is 1.72. The van der Waals surface area contributed by atoms with Gasteiger partial charge in [0.05, 0.1) is 11.3 Å². The maximum atomic E-state index is 10.9. The monoisotopic (exact) mass is 256 g/mol. The molecule has 0 aromatic heterocycles. The van der Waals surface area contributed by atoms with Gasteiger partial charge in [0.25, 0.3) is 0 Å².